The minimum atomic E-state index is -1.37. The zero-order chi connectivity index (χ0) is 32.1. The number of β-lactam (4-membered cyclic amide) rings is 1. The van der Waals surface area contributed by atoms with Gasteiger partial charge >= 0.3 is 23.9 Å². The molecule has 0 aliphatic carbocycles. The number of allylic oxidation sites excluding steroid dienone is 1. The molecule has 0 spiro atoms. The van der Waals surface area contributed by atoms with Gasteiger partial charge in [0.2, 0.25) is 6.61 Å². The first-order valence-corrected chi connectivity index (χ1v) is 14.3. The molecule has 3 heterocycles. The number of aliphatic carboxylic acids is 2. The highest BCUT2D eigenvalue weighted by Gasteiger charge is 2.54. The molecule has 5 N–H and O–H groups in total. The van der Waals surface area contributed by atoms with Gasteiger partial charge in [0.1, 0.15) is 22.8 Å². The molecule has 0 saturated carbocycles. The Morgan fingerprint density at radius 3 is 2.45 bits per heavy atom. The van der Waals surface area contributed by atoms with E-state index in [4.69, 9.17) is 25.2 Å². The predicted octanol–water partition coefficient (Wildman–Crippen LogP) is 0.833. The highest BCUT2D eigenvalue weighted by Crippen LogP contribution is 2.41. The van der Waals surface area contributed by atoms with E-state index >= 15 is 0 Å². The fourth-order valence-electron chi connectivity index (χ4n) is 4.03. The number of carboxylic acids is 2. The molecule has 0 bridgehead atoms. The van der Waals surface area contributed by atoms with Crippen molar-refractivity contribution in [2.75, 3.05) is 18.1 Å². The normalized spacial score (nSPS) is 17.9. The van der Waals surface area contributed by atoms with Crippen LogP contribution in [0.2, 0.25) is 0 Å². The van der Waals surface area contributed by atoms with Crippen molar-refractivity contribution in [2.45, 2.75) is 25.3 Å². The van der Waals surface area contributed by atoms with E-state index in [1.807, 2.05) is 0 Å². The van der Waals surface area contributed by atoms with Crippen LogP contribution in [-0.2, 0) is 33.6 Å². The molecular weight excluding hydrogens is 622 g/mol. The number of thiazole rings is 1. The lowest BCUT2D eigenvalue weighted by atomic mass is 10.0. The number of esters is 2. The van der Waals surface area contributed by atoms with E-state index in [0.29, 0.717) is 5.56 Å². The number of nitrogens with one attached hydrogen (secondary N) is 1. The van der Waals surface area contributed by atoms with Crippen LogP contribution in [0, 0.1) is 0 Å². The first kappa shape index (κ1) is 31.7. The third kappa shape index (κ3) is 7.21. The Labute approximate surface area is 256 Å². The minimum absolute atomic E-state index is 0.00777. The summed E-state index contributed by atoms with van der Waals surface area (Å²) in [4.78, 5) is 81.8. The average Bonchev–Trinajstić information content (AvgIpc) is 3.38. The van der Waals surface area contributed by atoms with Crippen molar-refractivity contribution in [3.05, 3.63) is 52.2 Å². The molecule has 2 aliphatic rings. The highest BCUT2D eigenvalue weighted by molar-refractivity contribution is 8.00. The average molecular weight is 646 g/mol. The minimum Gasteiger partial charge on any atom is -0.479 e. The van der Waals surface area contributed by atoms with E-state index in [1.165, 1.54) is 55.3 Å². The molecule has 1 aromatic heterocycles. The van der Waals surface area contributed by atoms with Crippen LogP contribution in [-0.4, -0.2) is 85.3 Å². The van der Waals surface area contributed by atoms with Crippen LogP contribution in [0.25, 0.3) is 6.08 Å². The number of nitrogen functional groups attached to an aromatic ring is 1. The summed E-state index contributed by atoms with van der Waals surface area (Å²) in [6, 6.07) is 3.25. The summed E-state index contributed by atoms with van der Waals surface area (Å²) >= 11 is 2.19. The number of ether oxygens (including phenoxy) is 2. The lowest BCUT2D eigenvalue weighted by Crippen LogP contribution is -2.71. The fourth-order valence-corrected chi connectivity index (χ4v) is 5.90. The van der Waals surface area contributed by atoms with Gasteiger partial charge in [-0.3, -0.25) is 24.1 Å². The van der Waals surface area contributed by atoms with E-state index in [0.717, 1.165) is 16.2 Å². The van der Waals surface area contributed by atoms with Crippen molar-refractivity contribution < 1.29 is 53.3 Å². The standard InChI is InChI=1S/C26H23N5O11S2/c1-11(32)41-16-6-4-13(7-17(16)42-12(2)33)3-5-14-9-43-24-20(23(37)31(24)21(14)25(38)39)29-22(36)19(30-40-8-18(34)35)15-10-44-26(27)28-15/h3-7,10,20,24H,8-9H2,1-2H3,(H2,27,28)(H,29,36)(H,34,35)(H,38,39)/b5-3?,30-19-/t20-,24-/m1/s1. The third-order valence-corrected chi connectivity index (χ3v) is 7.74. The molecule has 2 aromatic rings. The van der Waals surface area contributed by atoms with Crippen LogP contribution in [0.4, 0.5) is 5.13 Å². The number of rotatable bonds is 11. The van der Waals surface area contributed by atoms with Crippen LogP contribution >= 0.6 is 23.1 Å². The number of oxime groups is 1. The molecule has 44 heavy (non-hydrogen) atoms. The molecule has 16 nitrogen and oxygen atoms in total. The molecular formula is C26H23N5O11S2. The largest absolute Gasteiger partial charge is 0.479 e. The van der Waals surface area contributed by atoms with Gasteiger partial charge in [-0.2, -0.15) is 0 Å². The van der Waals surface area contributed by atoms with Crippen molar-refractivity contribution in [3.63, 3.8) is 0 Å². The number of hydrogen-bond donors (Lipinski definition) is 4. The van der Waals surface area contributed by atoms with Crippen molar-refractivity contribution in [2.24, 2.45) is 5.16 Å². The molecule has 1 fully saturated rings. The fraction of sp³-hybridized carbons (Fsp3) is 0.231. The van der Waals surface area contributed by atoms with Gasteiger partial charge in [-0.05, 0) is 23.3 Å². The quantitative estimate of drug-likeness (QED) is 0.0871. The Hall–Kier alpha value is -5.23. The monoisotopic (exact) mass is 645 g/mol. The number of fused-ring (bicyclic) bond motifs is 1. The molecule has 0 radical (unpaired) electrons. The Morgan fingerprint density at radius 1 is 1.14 bits per heavy atom. The third-order valence-electron chi connectivity index (χ3n) is 5.76. The number of hydrogen-bond acceptors (Lipinski definition) is 14. The number of nitrogens with zero attached hydrogens (tertiary/aromatic N) is 3. The Kier molecular flexibility index (Phi) is 9.64. The highest BCUT2D eigenvalue weighted by atomic mass is 32.2. The maximum Gasteiger partial charge on any atom is 0.352 e. The molecule has 230 valence electrons. The van der Waals surface area contributed by atoms with E-state index in [9.17, 15) is 33.9 Å². The summed E-state index contributed by atoms with van der Waals surface area (Å²) < 4.78 is 10.2. The second-order valence-corrected chi connectivity index (χ2v) is 10.9. The van der Waals surface area contributed by atoms with Crippen LogP contribution in [0.5, 0.6) is 11.5 Å². The van der Waals surface area contributed by atoms with Crippen LogP contribution in [0.1, 0.15) is 25.1 Å². The summed E-state index contributed by atoms with van der Waals surface area (Å²) in [5.41, 5.74) is 5.67. The van der Waals surface area contributed by atoms with Crippen LogP contribution in [0.3, 0.4) is 0 Å². The van der Waals surface area contributed by atoms with Crippen molar-refractivity contribution in [1.82, 2.24) is 15.2 Å². The summed E-state index contributed by atoms with van der Waals surface area (Å²) in [6.07, 6.45) is 3.02. The maximum atomic E-state index is 13.1. The number of benzene rings is 1. The first-order chi connectivity index (χ1) is 20.8. The summed E-state index contributed by atoms with van der Waals surface area (Å²) in [5, 5.41) is 25.5. The molecule has 1 aromatic carbocycles. The van der Waals surface area contributed by atoms with E-state index < -0.39 is 59.4 Å². The van der Waals surface area contributed by atoms with Crippen molar-refractivity contribution in [3.8, 4) is 11.5 Å². The summed E-state index contributed by atoms with van der Waals surface area (Å²) in [7, 11) is 0. The molecule has 2 atom stereocenters. The van der Waals surface area contributed by atoms with Gasteiger partial charge in [0.15, 0.2) is 22.3 Å². The number of aromatic nitrogens is 1. The first-order valence-electron chi connectivity index (χ1n) is 12.4. The predicted molar refractivity (Wildman–Crippen MR) is 154 cm³/mol. The second kappa shape index (κ2) is 13.4. The maximum absolute atomic E-state index is 13.1. The van der Waals surface area contributed by atoms with Gasteiger partial charge in [-0.15, -0.1) is 23.1 Å². The summed E-state index contributed by atoms with van der Waals surface area (Å²) in [6.45, 7) is 1.53. The second-order valence-electron chi connectivity index (χ2n) is 8.94. The van der Waals surface area contributed by atoms with Gasteiger partial charge in [0.25, 0.3) is 11.8 Å². The SMILES string of the molecule is CC(=O)Oc1ccc(C=CC2=C(C(=O)O)N3C(=O)[C@@H](NC(=O)/C(=N\OCC(=O)O)c4csc(N)n4)[C@H]3SC2)cc1OC(C)=O. The zero-order valence-corrected chi connectivity index (χ0v) is 24.5. The molecule has 2 aliphatic heterocycles. The van der Waals surface area contributed by atoms with Gasteiger partial charge in [0, 0.05) is 25.0 Å². The topological polar surface area (TPSA) is 237 Å². The number of carboxylic acid groups (broad SMARTS) is 2. The van der Waals surface area contributed by atoms with Crippen LogP contribution < -0.4 is 20.5 Å². The number of amides is 2. The Balaban J connectivity index is 1.54. The number of carbonyl (C=O) groups is 6. The number of anilines is 1. The lowest BCUT2D eigenvalue weighted by Gasteiger charge is -2.49. The van der Waals surface area contributed by atoms with E-state index in [-0.39, 0.29) is 39.3 Å². The van der Waals surface area contributed by atoms with Gasteiger partial charge in [-0.1, -0.05) is 23.4 Å². The molecule has 2 amide bonds. The number of carbonyl (C=O) groups excluding carboxylic acids is 4. The zero-order valence-electron chi connectivity index (χ0n) is 22.8. The number of nitrogens with two attached hydrogens (primary N) is 1. The van der Waals surface area contributed by atoms with Gasteiger partial charge in [-0.25, -0.2) is 14.6 Å². The van der Waals surface area contributed by atoms with Crippen molar-refractivity contribution in [1.29, 1.82) is 0 Å². The van der Waals surface area contributed by atoms with Gasteiger partial charge in [0.05, 0.1) is 0 Å². The Bertz CT molecular complexity index is 1650. The van der Waals surface area contributed by atoms with Crippen molar-refractivity contribution >= 4 is 75.7 Å². The van der Waals surface area contributed by atoms with Gasteiger partial charge < -0.3 is 35.6 Å². The van der Waals surface area contributed by atoms with Crippen LogP contribution in [0.15, 0.2) is 46.1 Å². The summed E-state index contributed by atoms with van der Waals surface area (Å²) in [5.74, 6) is -5.45. The van der Waals surface area contributed by atoms with E-state index in [2.05, 4.69) is 15.5 Å². The number of thioether (sulfide) groups is 1. The smallest absolute Gasteiger partial charge is 0.352 e. The molecule has 4 rings (SSSR count). The Morgan fingerprint density at radius 2 is 1.84 bits per heavy atom. The molecule has 0 unspecified atom stereocenters. The lowest BCUT2D eigenvalue weighted by molar-refractivity contribution is -0.150. The molecule has 1 saturated heterocycles. The van der Waals surface area contributed by atoms with E-state index in [1.54, 1.807) is 6.07 Å². The molecule has 18 heteroatoms.